The minimum atomic E-state index is 0.420. The molecule has 0 saturated carbocycles. The molecule has 0 atom stereocenters. The first-order valence-electron chi connectivity index (χ1n) is 8.48. The Morgan fingerprint density at radius 2 is 1.74 bits per heavy atom. The Morgan fingerprint density at radius 1 is 1.17 bits per heavy atom. The van der Waals surface area contributed by atoms with E-state index >= 15 is 0 Å². The van der Waals surface area contributed by atoms with Crippen LogP contribution in [0.15, 0.2) is 18.2 Å². The maximum atomic E-state index is 11.0. The molecule has 0 aliphatic carbocycles. The second kappa shape index (κ2) is 10.2. The summed E-state index contributed by atoms with van der Waals surface area (Å²) in [6.45, 7) is 8.95. The summed E-state index contributed by atoms with van der Waals surface area (Å²) in [6.07, 6.45) is 4.61. The second-order valence-electron chi connectivity index (χ2n) is 6.23. The molecule has 2 rings (SSSR count). The van der Waals surface area contributed by atoms with E-state index in [1.54, 1.807) is 0 Å². The zero-order valence-corrected chi connectivity index (χ0v) is 15.0. The second-order valence-corrected chi connectivity index (χ2v) is 6.23. The number of amides is 1. The Kier molecular flexibility index (Phi) is 8.56. The summed E-state index contributed by atoms with van der Waals surface area (Å²) < 4.78 is 0. The van der Waals surface area contributed by atoms with Gasteiger partial charge in [-0.15, -0.1) is 0 Å². The topological polar surface area (TPSA) is 40.6 Å². The van der Waals surface area contributed by atoms with E-state index in [0.717, 1.165) is 57.4 Å². The van der Waals surface area contributed by atoms with Crippen molar-refractivity contribution >= 4 is 17.9 Å². The van der Waals surface area contributed by atoms with E-state index in [1.165, 1.54) is 11.1 Å². The molecule has 1 aromatic rings. The Bertz CT molecular complexity index is 484. The molecule has 0 aromatic heterocycles. The fraction of sp³-hybridized carbons (Fsp3) is 0.579. The van der Waals surface area contributed by atoms with Gasteiger partial charge in [0.15, 0.2) is 0 Å². The van der Waals surface area contributed by atoms with Crippen LogP contribution >= 0.6 is 0 Å². The molecule has 0 bridgehead atoms. The fourth-order valence-electron chi connectivity index (χ4n) is 2.67. The van der Waals surface area contributed by atoms with Gasteiger partial charge in [0, 0.05) is 38.2 Å². The number of hydrogen-bond acceptors (Lipinski definition) is 3. The molecule has 1 fully saturated rings. The lowest BCUT2D eigenvalue weighted by Crippen LogP contribution is -2.29. The highest BCUT2D eigenvalue weighted by Gasteiger charge is 2.11. The largest absolute Gasteiger partial charge is 0.314 e. The van der Waals surface area contributed by atoms with Gasteiger partial charge in [0.1, 0.15) is 5.78 Å². The third-order valence-corrected chi connectivity index (χ3v) is 4.15. The van der Waals surface area contributed by atoms with Gasteiger partial charge in [0.2, 0.25) is 6.41 Å². The van der Waals surface area contributed by atoms with E-state index in [-0.39, 0.29) is 0 Å². The van der Waals surface area contributed by atoms with E-state index in [1.807, 2.05) is 44.0 Å². The molecule has 128 valence electrons. The van der Waals surface area contributed by atoms with Gasteiger partial charge in [-0.1, -0.05) is 31.5 Å². The van der Waals surface area contributed by atoms with Crippen molar-refractivity contribution in [1.82, 2.24) is 4.90 Å². The van der Waals surface area contributed by atoms with Gasteiger partial charge in [0.05, 0.1) is 0 Å². The third kappa shape index (κ3) is 6.53. The Morgan fingerprint density at radius 3 is 2.17 bits per heavy atom. The number of para-hydroxylation sites is 1. The molecule has 23 heavy (non-hydrogen) atoms. The van der Waals surface area contributed by atoms with Crippen molar-refractivity contribution < 1.29 is 9.59 Å². The number of rotatable bonds is 5. The van der Waals surface area contributed by atoms with Crippen LogP contribution in [0.4, 0.5) is 5.69 Å². The van der Waals surface area contributed by atoms with Gasteiger partial charge in [-0.05, 0) is 38.4 Å². The maximum absolute atomic E-state index is 11.0. The Balaban J connectivity index is 0.000000277. The number of Topliss-reactive ketones (excluding diaryl/α,β-unsaturated/α-hetero) is 1. The molecule has 1 aromatic carbocycles. The molecule has 1 heterocycles. The zero-order valence-electron chi connectivity index (χ0n) is 15.0. The van der Waals surface area contributed by atoms with Crippen molar-refractivity contribution in [2.24, 2.45) is 0 Å². The zero-order chi connectivity index (χ0) is 17.2. The summed E-state index contributed by atoms with van der Waals surface area (Å²) >= 11 is 0. The molecular formula is C19H30N2O2. The average molecular weight is 318 g/mol. The smallest absolute Gasteiger partial charge is 0.214 e. The average Bonchev–Trinajstić information content (AvgIpc) is 2.53. The number of unbranched alkanes of at least 4 members (excludes halogenated alkanes) is 1. The monoisotopic (exact) mass is 318 g/mol. The highest BCUT2D eigenvalue weighted by atomic mass is 16.1. The third-order valence-electron chi connectivity index (χ3n) is 4.15. The number of likely N-dealkylation sites (tertiary alicyclic amines) is 1. The molecule has 1 amide bonds. The number of anilines is 1. The van der Waals surface area contributed by atoms with Crippen LogP contribution in [-0.4, -0.2) is 43.8 Å². The van der Waals surface area contributed by atoms with Gasteiger partial charge >= 0.3 is 0 Å². The van der Waals surface area contributed by atoms with Gasteiger partial charge in [-0.25, -0.2) is 0 Å². The first kappa shape index (κ1) is 19.4. The van der Waals surface area contributed by atoms with Gasteiger partial charge < -0.3 is 9.80 Å². The number of carbonyl (C=O) groups is 2. The standard InChI is InChI=1S/C13H19NO.C6H11NO/c1-4-5-9-14(10-15)13-11(2)7-6-8-12(13)3;1-7-4-2-6(8)3-5-7/h6-8,10H,4-5,9H2,1-3H3;2-5H2,1H3. The van der Waals surface area contributed by atoms with Gasteiger partial charge in [0.25, 0.3) is 0 Å². The van der Waals surface area contributed by atoms with Crippen LogP contribution in [0.25, 0.3) is 0 Å². The number of benzene rings is 1. The van der Waals surface area contributed by atoms with E-state index in [2.05, 4.69) is 11.8 Å². The molecule has 0 N–H and O–H groups in total. The van der Waals surface area contributed by atoms with E-state index in [9.17, 15) is 9.59 Å². The summed E-state index contributed by atoms with van der Waals surface area (Å²) in [6, 6.07) is 6.12. The molecule has 1 saturated heterocycles. The van der Waals surface area contributed by atoms with Crippen LogP contribution in [0.1, 0.15) is 43.7 Å². The number of aryl methyl sites for hydroxylation is 2. The fourth-order valence-corrected chi connectivity index (χ4v) is 2.67. The number of piperidine rings is 1. The van der Waals surface area contributed by atoms with E-state index < -0.39 is 0 Å². The molecule has 4 nitrogen and oxygen atoms in total. The van der Waals surface area contributed by atoms with Crippen molar-refractivity contribution in [1.29, 1.82) is 0 Å². The van der Waals surface area contributed by atoms with E-state index in [4.69, 9.17) is 0 Å². The lowest BCUT2D eigenvalue weighted by Gasteiger charge is -2.21. The van der Waals surface area contributed by atoms with Crippen LogP contribution in [0.3, 0.4) is 0 Å². The quantitative estimate of drug-likeness (QED) is 0.782. The minimum absolute atomic E-state index is 0.420. The molecule has 0 spiro atoms. The predicted octanol–water partition coefficient (Wildman–Crippen LogP) is 3.35. The summed E-state index contributed by atoms with van der Waals surface area (Å²) in [4.78, 5) is 25.6. The molecule has 0 unspecified atom stereocenters. The normalized spacial score (nSPS) is 14.9. The van der Waals surface area contributed by atoms with Gasteiger partial charge in [-0.3, -0.25) is 9.59 Å². The summed E-state index contributed by atoms with van der Waals surface area (Å²) in [5, 5.41) is 0. The van der Waals surface area contributed by atoms with Crippen molar-refractivity contribution in [3.05, 3.63) is 29.3 Å². The lowest BCUT2D eigenvalue weighted by atomic mass is 10.1. The van der Waals surface area contributed by atoms with E-state index in [0.29, 0.717) is 5.78 Å². The highest BCUT2D eigenvalue weighted by molar-refractivity contribution is 5.79. The predicted molar refractivity (Wildman–Crippen MR) is 96.0 cm³/mol. The van der Waals surface area contributed by atoms with Crippen molar-refractivity contribution in [2.45, 2.75) is 46.5 Å². The van der Waals surface area contributed by atoms with Crippen LogP contribution < -0.4 is 4.90 Å². The number of hydrogen-bond donors (Lipinski definition) is 0. The first-order chi connectivity index (χ1) is 11.0. The summed E-state index contributed by atoms with van der Waals surface area (Å²) in [7, 11) is 2.05. The first-order valence-corrected chi connectivity index (χ1v) is 8.48. The summed E-state index contributed by atoms with van der Waals surface area (Å²) in [5.41, 5.74) is 3.40. The van der Waals surface area contributed by atoms with Gasteiger partial charge in [-0.2, -0.15) is 0 Å². The lowest BCUT2D eigenvalue weighted by molar-refractivity contribution is -0.121. The van der Waals surface area contributed by atoms with Crippen LogP contribution in [0.2, 0.25) is 0 Å². The van der Waals surface area contributed by atoms with Crippen LogP contribution in [0, 0.1) is 13.8 Å². The van der Waals surface area contributed by atoms with Crippen molar-refractivity contribution in [3.8, 4) is 0 Å². The SMILES string of the molecule is CCCCN(C=O)c1c(C)cccc1C.CN1CCC(=O)CC1. The van der Waals surface area contributed by atoms with Crippen LogP contribution in [0.5, 0.6) is 0 Å². The minimum Gasteiger partial charge on any atom is -0.314 e. The Labute approximate surface area is 140 Å². The number of carbonyl (C=O) groups excluding carboxylic acids is 2. The summed E-state index contributed by atoms with van der Waals surface area (Å²) in [5.74, 6) is 0.420. The number of nitrogens with zero attached hydrogens (tertiary/aromatic N) is 2. The molecule has 0 radical (unpaired) electrons. The Hall–Kier alpha value is -1.68. The highest BCUT2D eigenvalue weighted by Crippen LogP contribution is 2.23. The molecule has 1 aliphatic heterocycles. The molecule has 1 aliphatic rings. The molecular weight excluding hydrogens is 288 g/mol. The maximum Gasteiger partial charge on any atom is 0.214 e. The molecule has 4 heteroatoms. The number of ketones is 1. The van der Waals surface area contributed by atoms with Crippen molar-refractivity contribution in [3.63, 3.8) is 0 Å². The van der Waals surface area contributed by atoms with Crippen LogP contribution in [-0.2, 0) is 9.59 Å². The van der Waals surface area contributed by atoms with Crippen molar-refractivity contribution in [2.75, 3.05) is 31.6 Å².